The highest BCUT2D eigenvalue weighted by atomic mass is 35.5. The van der Waals surface area contributed by atoms with Gasteiger partial charge in [-0.25, -0.2) is 9.59 Å². The number of carboxylic acid groups (broad SMARTS) is 1. The molecule has 1 N–H and O–H groups in total. The van der Waals surface area contributed by atoms with Crippen molar-refractivity contribution >= 4 is 47.4 Å². The van der Waals surface area contributed by atoms with Gasteiger partial charge in [0.25, 0.3) is 10.2 Å². The van der Waals surface area contributed by atoms with Gasteiger partial charge >= 0.3 is 35.8 Å². The van der Waals surface area contributed by atoms with E-state index in [9.17, 15) is 49.0 Å². The Labute approximate surface area is 294 Å². The summed E-state index contributed by atoms with van der Waals surface area (Å²) >= 11 is 5.25. The maximum atomic E-state index is 11.9. The van der Waals surface area contributed by atoms with Crippen LogP contribution in [-0.2, 0) is 43.1 Å². The lowest BCUT2D eigenvalue weighted by Gasteiger charge is -2.09. The number of benzene rings is 2. The third kappa shape index (κ3) is 23.8. The monoisotopic (exact) mass is 746 g/mol. The van der Waals surface area contributed by atoms with E-state index in [1.165, 1.54) is 38.1 Å². The van der Waals surface area contributed by atoms with Gasteiger partial charge in [0.15, 0.2) is 6.07 Å². The van der Waals surface area contributed by atoms with Crippen LogP contribution in [0, 0.1) is 20.2 Å². The number of carbonyl (C=O) groups excluding carboxylic acids is 5. The number of hydrogen-bond acceptors (Lipinski definition) is 17. The van der Waals surface area contributed by atoms with Crippen molar-refractivity contribution in [3.63, 3.8) is 0 Å². The molecule has 0 saturated heterocycles. The second-order valence-electron chi connectivity index (χ2n) is 9.21. The number of hydrogen-bond donors (Lipinski definition) is 1. The lowest BCUT2D eigenvalue weighted by molar-refractivity contribution is -0.757. The van der Waals surface area contributed by atoms with E-state index < -0.39 is 52.8 Å². The minimum Gasteiger partial charge on any atom is -0.481 e. The van der Waals surface area contributed by atoms with Crippen molar-refractivity contribution in [2.24, 2.45) is 0 Å². The molecule has 0 unspecified atom stereocenters. The fourth-order valence-electron chi connectivity index (χ4n) is 3.21. The molecule has 0 spiro atoms. The molecule has 0 aliphatic heterocycles. The minimum absolute atomic E-state index is 0.00264. The summed E-state index contributed by atoms with van der Waals surface area (Å²) in [5, 5.41) is 25.8. The SMILES string of the molecule is CC(=O)Oc1ccccc1C(=O)OCCl.CC(=O)Oc1ccccc1C(=O)OCOC(=O)CCCCO[N+](=O)[O-].O=C(O)CCCCO[N+](=O)[O-]. The molecule has 0 radical (unpaired) electrons. The summed E-state index contributed by atoms with van der Waals surface area (Å²) in [6.45, 7) is 1.71. The molecule has 0 heterocycles. The van der Waals surface area contributed by atoms with Crippen LogP contribution in [0.15, 0.2) is 48.5 Å². The number of ether oxygens (including phenoxy) is 5. The molecule has 21 heteroatoms. The van der Waals surface area contributed by atoms with Crippen LogP contribution in [0.2, 0.25) is 0 Å². The van der Waals surface area contributed by atoms with E-state index in [0.29, 0.717) is 25.7 Å². The number of carboxylic acids is 1. The average molecular weight is 747 g/mol. The Morgan fingerprint density at radius 1 is 0.667 bits per heavy atom. The molecule has 20 nitrogen and oxygen atoms in total. The number of aliphatic carboxylic acids is 1. The van der Waals surface area contributed by atoms with Gasteiger partial charge in [0.1, 0.15) is 22.6 Å². The van der Waals surface area contributed by atoms with Crippen LogP contribution >= 0.6 is 11.6 Å². The Morgan fingerprint density at radius 2 is 1.10 bits per heavy atom. The van der Waals surface area contributed by atoms with Gasteiger partial charge in [0.2, 0.25) is 6.79 Å². The van der Waals surface area contributed by atoms with E-state index in [2.05, 4.69) is 14.4 Å². The second-order valence-corrected chi connectivity index (χ2v) is 9.43. The lowest BCUT2D eigenvalue weighted by Crippen LogP contribution is -2.14. The number of rotatable bonds is 19. The highest BCUT2D eigenvalue weighted by Gasteiger charge is 2.16. The molecule has 0 amide bonds. The number of halogens is 1. The van der Waals surface area contributed by atoms with Crippen LogP contribution in [-0.4, -0.2) is 77.2 Å². The zero-order valence-corrected chi connectivity index (χ0v) is 28.1. The van der Waals surface area contributed by atoms with E-state index in [4.69, 9.17) is 35.7 Å². The topological polar surface area (TPSA) is 274 Å². The van der Waals surface area contributed by atoms with Crippen molar-refractivity contribution < 1.29 is 77.4 Å². The highest BCUT2D eigenvalue weighted by Crippen LogP contribution is 2.20. The molecule has 51 heavy (non-hydrogen) atoms. The summed E-state index contributed by atoms with van der Waals surface area (Å²) in [5.41, 5.74) is 0.194. The molecule has 0 aliphatic rings. The summed E-state index contributed by atoms with van der Waals surface area (Å²) in [5.74, 6) is -3.84. The normalized spacial score (nSPS) is 9.55. The molecular weight excluding hydrogens is 712 g/mol. The Balaban J connectivity index is 0.000000814. The van der Waals surface area contributed by atoms with Crippen LogP contribution in [0.25, 0.3) is 0 Å². The molecule has 280 valence electrons. The van der Waals surface area contributed by atoms with Crippen molar-refractivity contribution in [2.75, 3.05) is 26.1 Å². The molecule has 2 aromatic carbocycles. The van der Waals surface area contributed by atoms with Crippen molar-refractivity contribution in [3.05, 3.63) is 79.9 Å². The van der Waals surface area contributed by atoms with Gasteiger partial charge in [0, 0.05) is 26.7 Å². The standard InChI is InChI=1S/C15H17NO9.C10H9ClO4.C5H9NO5/c1-11(17)25-13-7-3-2-6-12(13)15(19)23-10-22-14(18)8-4-5-9-24-16(20)21;1-7(12)15-9-5-3-2-4-8(9)10(13)14-6-11;7-5(8)3-1-2-4-11-6(9)10/h2-3,6-7H,4-5,8-10H2,1H3;2-5H,6H2,1H3;1-4H2,(H,7,8). The Kier molecular flexibility index (Phi) is 23.7. The maximum Gasteiger partial charge on any atom is 0.344 e. The zero-order chi connectivity index (χ0) is 38.6. The number of unbranched alkanes of at least 4 members (excludes halogenated alkanes) is 2. The maximum absolute atomic E-state index is 11.9. The fourth-order valence-corrected chi connectivity index (χ4v) is 3.31. The quantitative estimate of drug-likeness (QED) is 0.0403. The van der Waals surface area contributed by atoms with Crippen molar-refractivity contribution in [3.8, 4) is 11.5 Å². The van der Waals surface area contributed by atoms with Gasteiger partial charge in [-0.15, -0.1) is 20.2 Å². The van der Waals surface area contributed by atoms with Gasteiger partial charge in [-0.3, -0.25) is 19.2 Å². The number of nitrogens with zero attached hydrogens (tertiary/aromatic N) is 2. The summed E-state index contributed by atoms with van der Waals surface area (Å²) < 4.78 is 23.8. The van der Waals surface area contributed by atoms with E-state index >= 15 is 0 Å². The van der Waals surface area contributed by atoms with Crippen LogP contribution in [0.3, 0.4) is 0 Å². The van der Waals surface area contributed by atoms with Crippen LogP contribution < -0.4 is 9.47 Å². The van der Waals surface area contributed by atoms with E-state index in [1.807, 2.05) is 0 Å². The first-order chi connectivity index (χ1) is 24.2. The summed E-state index contributed by atoms with van der Waals surface area (Å²) in [6.07, 6.45) is 1.47. The summed E-state index contributed by atoms with van der Waals surface area (Å²) in [4.78, 5) is 93.8. The summed E-state index contributed by atoms with van der Waals surface area (Å²) in [7, 11) is 0. The zero-order valence-electron chi connectivity index (χ0n) is 27.3. The third-order valence-electron chi connectivity index (χ3n) is 5.27. The second kappa shape index (κ2) is 26.9. The van der Waals surface area contributed by atoms with Gasteiger partial charge in [-0.2, -0.15) is 0 Å². The first-order valence-electron chi connectivity index (χ1n) is 14.5. The molecular formula is C30H35ClN2O18. The van der Waals surface area contributed by atoms with E-state index in [-0.39, 0.29) is 54.7 Å². The van der Waals surface area contributed by atoms with Crippen molar-refractivity contribution in [1.29, 1.82) is 0 Å². The van der Waals surface area contributed by atoms with Gasteiger partial charge in [0.05, 0.1) is 13.2 Å². The summed E-state index contributed by atoms with van der Waals surface area (Å²) in [6, 6.07) is 12.0. The lowest BCUT2D eigenvalue weighted by atomic mass is 10.2. The molecule has 0 aliphatic carbocycles. The molecule has 2 aromatic rings. The predicted octanol–water partition coefficient (Wildman–Crippen LogP) is 4.06. The Hall–Kier alpha value is -6.05. The number of carbonyl (C=O) groups is 6. The average Bonchev–Trinajstić information content (AvgIpc) is 3.04. The van der Waals surface area contributed by atoms with Gasteiger partial charge in [-0.05, 0) is 49.9 Å². The molecule has 0 fully saturated rings. The van der Waals surface area contributed by atoms with E-state index in [0.717, 1.165) is 0 Å². The first kappa shape index (κ1) is 45.0. The number of para-hydroxylation sites is 2. The molecule has 0 atom stereocenters. The Morgan fingerprint density at radius 3 is 1.51 bits per heavy atom. The van der Waals surface area contributed by atoms with Gasteiger partial charge < -0.3 is 38.5 Å². The molecule has 0 aromatic heterocycles. The highest BCUT2D eigenvalue weighted by molar-refractivity contribution is 6.17. The van der Waals surface area contributed by atoms with Gasteiger partial charge in [-0.1, -0.05) is 35.9 Å². The Bertz CT molecular complexity index is 1450. The molecule has 0 bridgehead atoms. The van der Waals surface area contributed by atoms with Crippen LogP contribution in [0.1, 0.15) is 73.1 Å². The number of alkyl halides is 1. The fraction of sp³-hybridized carbons (Fsp3) is 0.400. The van der Waals surface area contributed by atoms with Crippen molar-refractivity contribution in [1.82, 2.24) is 0 Å². The van der Waals surface area contributed by atoms with Crippen molar-refractivity contribution in [2.45, 2.75) is 52.4 Å². The first-order valence-corrected chi connectivity index (χ1v) is 15.1. The smallest absolute Gasteiger partial charge is 0.344 e. The largest absolute Gasteiger partial charge is 0.481 e. The number of esters is 5. The predicted molar refractivity (Wildman–Crippen MR) is 169 cm³/mol. The molecule has 2 rings (SSSR count). The molecule has 0 saturated carbocycles. The van der Waals surface area contributed by atoms with Crippen LogP contribution in [0.5, 0.6) is 11.5 Å². The minimum atomic E-state index is -0.911. The van der Waals surface area contributed by atoms with E-state index in [1.54, 1.807) is 24.3 Å². The third-order valence-corrected chi connectivity index (χ3v) is 5.38. The van der Waals surface area contributed by atoms with Crippen LogP contribution in [0.4, 0.5) is 0 Å².